The lowest BCUT2D eigenvalue weighted by molar-refractivity contribution is -0.386. The van der Waals surface area contributed by atoms with E-state index in [9.17, 15) is 14.9 Å². The molecular weight excluding hydrogens is 276 g/mol. The highest BCUT2D eigenvalue weighted by molar-refractivity contribution is 5.90. The van der Waals surface area contributed by atoms with E-state index in [1.807, 2.05) is 0 Å². The minimum absolute atomic E-state index is 0.0720. The van der Waals surface area contributed by atoms with E-state index in [0.29, 0.717) is 11.3 Å². The van der Waals surface area contributed by atoms with Crippen LogP contribution in [0, 0.1) is 24.0 Å². The number of hydrogen-bond acceptors (Lipinski definition) is 5. The minimum atomic E-state index is -1.09. The zero-order chi connectivity index (χ0) is 15.6. The van der Waals surface area contributed by atoms with Crippen molar-refractivity contribution >= 4 is 11.7 Å². The summed E-state index contributed by atoms with van der Waals surface area (Å²) in [6.07, 6.45) is 0. The maximum absolute atomic E-state index is 11.1. The molecule has 0 saturated carbocycles. The van der Waals surface area contributed by atoms with Gasteiger partial charge in [-0.2, -0.15) is 0 Å². The molecule has 108 valence electrons. The highest BCUT2D eigenvalue weighted by Gasteiger charge is 2.19. The highest BCUT2D eigenvalue weighted by Crippen LogP contribution is 2.32. The molecule has 7 heteroatoms. The summed E-state index contributed by atoms with van der Waals surface area (Å²) in [6, 6.07) is 7.28. The summed E-state index contributed by atoms with van der Waals surface area (Å²) in [7, 11) is 0. The van der Waals surface area contributed by atoms with Crippen LogP contribution < -0.4 is 4.74 Å². The molecule has 1 heterocycles. The van der Waals surface area contributed by atoms with Gasteiger partial charge in [0.2, 0.25) is 0 Å². The predicted molar refractivity (Wildman–Crippen MR) is 73.8 cm³/mol. The van der Waals surface area contributed by atoms with Crippen molar-refractivity contribution < 1.29 is 19.6 Å². The minimum Gasteiger partial charge on any atom is -0.478 e. The molecule has 0 radical (unpaired) electrons. The number of aromatic carboxylic acids is 1. The largest absolute Gasteiger partial charge is 0.478 e. The first kappa shape index (κ1) is 14.4. The van der Waals surface area contributed by atoms with Gasteiger partial charge in [0, 0.05) is 17.3 Å². The van der Waals surface area contributed by atoms with Gasteiger partial charge in [-0.1, -0.05) is 6.07 Å². The Labute approximate surface area is 120 Å². The van der Waals surface area contributed by atoms with E-state index in [1.165, 1.54) is 30.3 Å². The molecule has 2 rings (SSSR count). The molecule has 0 aliphatic rings. The van der Waals surface area contributed by atoms with Gasteiger partial charge in [-0.15, -0.1) is 0 Å². The van der Waals surface area contributed by atoms with Crippen LogP contribution in [0.25, 0.3) is 0 Å². The molecule has 0 fully saturated rings. The average molecular weight is 288 g/mol. The molecule has 21 heavy (non-hydrogen) atoms. The van der Waals surface area contributed by atoms with Crippen molar-refractivity contribution in [3.05, 3.63) is 57.3 Å². The molecule has 2 aromatic rings. The molecule has 0 spiro atoms. The lowest BCUT2D eigenvalue weighted by Gasteiger charge is -2.10. The van der Waals surface area contributed by atoms with Crippen LogP contribution in [-0.4, -0.2) is 21.0 Å². The maximum Gasteiger partial charge on any atom is 0.336 e. The van der Waals surface area contributed by atoms with Gasteiger partial charge in [-0.3, -0.25) is 10.1 Å². The van der Waals surface area contributed by atoms with Gasteiger partial charge < -0.3 is 9.84 Å². The number of hydrogen-bond donors (Lipinski definition) is 1. The zero-order valence-corrected chi connectivity index (χ0v) is 11.4. The summed E-state index contributed by atoms with van der Waals surface area (Å²) in [5.74, 6) is -1.04. The quantitative estimate of drug-likeness (QED) is 0.685. The van der Waals surface area contributed by atoms with E-state index < -0.39 is 10.9 Å². The fourth-order valence-corrected chi connectivity index (χ4v) is 1.80. The molecule has 0 saturated heterocycles. The number of pyridine rings is 1. The predicted octanol–water partition coefficient (Wildman–Crippen LogP) is 3.10. The first-order valence-electron chi connectivity index (χ1n) is 6.03. The number of carbonyl (C=O) groups is 1. The van der Waals surface area contributed by atoms with Crippen LogP contribution in [0.1, 0.15) is 21.6 Å². The molecule has 1 aromatic heterocycles. The lowest BCUT2D eigenvalue weighted by atomic mass is 10.1. The third-order valence-electron chi connectivity index (χ3n) is 2.90. The van der Waals surface area contributed by atoms with E-state index in [1.54, 1.807) is 13.8 Å². The van der Waals surface area contributed by atoms with Gasteiger partial charge in [0.1, 0.15) is 5.75 Å². The second-order valence-electron chi connectivity index (χ2n) is 4.37. The highest BCUT2D eigenvalue weighted by atomic mass is 16.6. The standard InChI is InChI=1S/C14H12N2O5/c1-8-6-7-11(16(19)20)13(15-8)21-12-5-3-4-10(9(12)2)14(17)18/h3-7H,1-2H3,(H,17,18). The molecule has 0 amide bonds. The van der Waals surface area contributed by atoms with E-state index in [0.717, 1.165) is 0 Å². The number of carboxylic acids is 1. The second kappa shape index (κ2) is 5.58. The number of aromatic nitrogens is 1. The Morgan fingerprint density at radius 3 is 2.62 bits per heavy atom. The first-order valence-corrected chi connectivity index (χ1v) is 6.03. The second-order valence-corrected chi connectivity index (χ2v) is 4.37. The summed E-state index contributed by atoms with van der Waals surface area (Å²) in [5.41, 5.74) is 0.730. The van der Waals surface area contributed by atoms with Gasteiger partial charge >= 0.3 is 11.7 Å². The normalized spacial score (nSPS) is 10.2. The summed E-state index contributed by atoms with van der Waals surface area (Å²) in [5, 5.41) is 20.0. The van der Waals surface area contributed by atoms with Crippen molar-refractivity contribution in [3.8, 4) is 11.6 Å². The Balaban J connectivity index is 2.48. The van der Waals surface area contributed by atoms with Crippen molar-refractivity contribution in [3.63, 3.8) is 0 Å². The third-order valence-corrected chi connectivity index (χ3v) is 2.90. The zero-order valence-electron chi connectivity index (χ0n) is 11.4. The van der Waals surface area contributed by atoms with Gasteiger partial charge in [0.15, 0.2) is 0 Å². The lowest BCUT2D eigenvalue weighted by Crippen LogP contribution is -2.02. The Morgan fingerprint density at radius 1 is 1.29 bits per heavy atom. The first-order chi connectivity index (χ1) is 9.90. The van der Waals surface area contributed by atoms with Crippen LogP contribution in [0.4, 0.5) is 5.69 Å². The van der Waals surface area contributed by atoms with E-state index in [-0.39, 0.29) is 22.9 Å². The van der Waals surface area contributed by atoms with Crippen LogP contribution in [0.15, 0.2) is 30.3 Å². The number of nitrogens with zero attached hydrogens (tertiary/aromatic N) is 2. The molecule has 0 atom stereocenters. The van der Waals surface area contributed by atoms with Crippen LogP contribution in [0.5, 0.6) is 11.6 Å². The van der Waals surface area contributed by atoms with E-state index in [2.05, 4.69) is 4.98 Å². The maximum atomic E-state index is 11.1. The molecule has 0 bridgehead atoms. The Bertz CT molecular complexity index is 727. The van der Waals surface area contributed by atoms with E-state index in [4.69, 9.17) is 9.84 Å². The summed E-state index contributed by atoms with van der Waals surface area (Å²) in [6.45, 7) is 3.25. The van der Waals surface area contributed by atoms with Crippen molar-refractivity contribution in [2.75, 3.05) is 0 Å². The molecule has 0 aliphatic heterocycles. The molecule has 1 aromatic carbocycles. The monoisotopic (exact) mass is 288 g/mol. The molecule has 7 nitrogen and oxygen atoms in total. The Kier molecular flexibility index (Phi) is 3.84. The molecule has 0 unspecified atom stereocenters. The van der Waals surface area contributed by atoms with Crippen LogP contribution in [-0.2, 0) is 0 Å². The number of nitro groups is 1. The van der Waals surface area contributed by atoms with Gasteiger partial charge in [0.05, 0.1) is 10.5 Å². The molecular formula is C14H12N2O5. The average Bonchev–Trinajstić information content (AvgIpc) is 2.40. The van der Waals surface area contributed by atoms with Crippen LogP contribution in [0.3, 0.4) is 0 Å². The van der Waals surface area contributed by atoms with Crippen LogP contribution >= 0.6 is 0 Å². The van der Waals surface area contributed by atoms with Crippen molar-refractivity contribution in [1.29, 1.82) is 0 Å². The van der Waals surface area contributed by atoms with Crippen molar-refractivity contribution in [2.45, 2.75) is 13.8 Å². The Hall–Kier alpha value is -2.96. The third kappa shape index (κ3) is 2.97. The Morgan fingerprint density at radius 2 is 2.00 bits per heavy atom. The fraction of sp³-hybridized carbons (Fsp3) is 0.143. The van der Waals surface area contributed by atoms with Gasteiger partial charge in [-0.05, 0) is 32.0 Å². The van der Waals surface area contributed by atoms with Crippen molar-refractivity contribution in [2.24, 2.45) is 0 Å². The van der Waals surface area contributed by atoms with E-state index >= 15 is 0 Å². The number of aryl methyl sites for hydroxylation is 1. The summed E-state index contributed by atoms with van der Waals surface area (Å²) >= 11 is 0. The number of rotatable bonds is 4. The number of benzene rings is 1. The van der Waals surface area contributed by atoms with Crippen LogP contribution in [0.2, 0.25) is 0 Å². The molecule has 1 N–H and O–H groups in total. The number of ether oxygens (including phenoxy) is 1. The fourth-order valence-electron chi connectivity index (χ4n) is 1.80. The van der Waals surface area contributed by atoms with Crippen molar-refractivity contribution in [1.82, 2.24) is 4.98 Å². The van der Waals surface area contributed by atoms with Gasteiger partial charge in [0.25, 0.3) is 5.88 Å². The SMILES string of the molecule is Cc1ccc([N+](=O)[O-])c(Oc2cccc(C(=O)O)c2C)n1. The molecule has 0 aliphatic carbocycles. The summed E-state index contributed by atoms with van der Waals surface area (Å²) < 4.78 is 5.46. The summed E-state index contributed by atoms with van der Waals surface area (Å²) in [4.78, 5) is 25.4. The topological polar surface area (TPSA) is 103 Å². The smallest absolute Gasteiger partial charge is 0.336 e. The number of carboxylic acid groups (broad SMARTS) is 1. The van der Waals surface area contributed by atoms with Gasteiger partial charge in [-0.25, -0.2) is 9.78 Å².